The molecule has 0 saturated carbocycles. The molecule has 0 unspecified atom stereocenters. The Bertz CT molecular complexity index is 1130. The Labute approximate surface area is 202 Å². The second kappa shape index (κ2) is 10.5. The van der Waals surface area contributed by atoms with Gasteiger partial charge in [0.15, 0.2) is 0 Å². The Morgan fingerprint density at radius 1 is 1.20 bits per heavy atom. The number of ether oxygens (including phenoxy) is 1. The van der Waals surface area contributed by atoms with Crippen molar-refractivity contribution < 1.29 is 23.5 Å². The van der Waals surface area contributed by atoms with E-state index < -0.39 is 18.0 Å². The normalized spacial score (nSPS) is 18.2. The SMILES string of the molecule is CC=CC(=O)N1CCN(c2ncc(-c3ccc(N4C[C@H](CNC(C)=O)OC4=O)cc3F)cn2)CC1. The van der Waals surface area contributed by atoms with Crippen LogP contribution in [0.4, 0.5) is 20.8 Å². The largest absolute Gasteiger partial charge is 0.442 e. The number of benzene rings is 1. The lowest BCUT2D eigenvalue weighted by atomic mass is 10.1. The molecule has 4 rings (SSSR count). The summed E-state index contributed by atoms with van der Waals surface area (Å²) >= 11 is 0. The van der Waals surface area contributed by atoms with Gasteiger partial charge in [-0.2, -0.15) is 0 Å². The number of halogens is 1. The number of rotatable bonds is 6. The van der Waals surface area contributed by atoms with Crippen molar-refractivity contribution in [1.29, 1.82) is 0 Å². The summed E-state index contributed by atoms with van der Waals surface area (Å²) in [6, 6.07) is 4.48. The van der Waals surface area contributed by atoms with Crippen LogP contribution in [0.25, 0.3) is 11.1 Å². The van der Waals surface area contributed by atoms with E-state index in [0.717, 1.165) is 0 Å². The Balaban J connectivity index is 1.40. The number of allylic oxidation sites excluding steroid dienone is 1. The lowest BCUT2D eigenvalue weighted by molar-refractivity contribution is -0.126. The standard InChI is InChI=1S/C24H27FN6O4/c1-3-4-22(33)29-7-9-30(10-8-29)23-27-12-17(13-28-23)20-6-5-18(11-21(20)25)31-15-19(35-24(31)34)14-26-16(2)32/h3-6,11-13,19H,7-10,14-15H2,1-2H3,(H,26,32)/t19-/m0/s1. The van der Waals surface area contributed by atoms with Crippen LogP contribution in [-0.4, -0.2) is 78.1 Å². The van der Waals surface area contributed by atoms with E-state index in [4.69, 9.17) is 4.74 Å². The van der Waals surface area contributed by atoms with Gasteiger partial charge in [0.05, 0.1) is 18.8 Å². The first-order valence-corrected chi connectivity index (χ1v) is 11.4. The number of hydrogen-bond acceptors (Lipinski definition) is 7. The molecule has 1 N–H and O–H groups in total. The van der Waals surface area contributed by atoms with Gasteiger partial charge in [-0.3, -0.25) is 14.5 Å². The van der Waals surface area contributed by atoms with Gasteiger partial charge in [0.25, 0.3) is 0 Å². The third kappa shape index (κ3) is 5.56. The maximum atomic E-state index is 15.0. The fraction of sp³-hybridized carbons (Fsp3) is 0.375. The van der Waals surface area contributed by atoms with Crippen LogP contribution in [0.1, 0.15) is 13.8 Å². The fourth-order valence-electron chi connectivity index (χ4n) is 4.00. The number of nitrogens with one attached hydrogen (secondary N) is 1. The van der Waals surface area contributed by atoms with Gasteiger partial charge in [-0.25, -0.2) is 19.2 Å². The smallest absolute Gasteiger partial charge is 0.414 e. The molecule has 2 aliphatic rings. The van der Waals surface area contributed by atoms with Crippen molar-refractivity contribution in [1.82, 2.24) is 20.2 Å². The molecule has 2 aliphatic heterocycles. The van der Waals surface area contributed by atoms with Crippen molar-refractivity contribution >= 4 is 29.5 Å². The summed E-state index contributed by atoms with van der Waals surface area (Å²) in [4.78, 5) is 49.1. The number of amides is 3. The molecule has 35 heavy (non-hydrogen) atoms. The number of hydrogen-bond donors (Lipinski definition) is 1. The number of cyclic esters (lactones) is 1. The van der Waals surface area contributed by atoms with E-state index in [9.17, 15) is 18.8 Å². The molecule has 2 aromatic rings. The Morgan fingerprint density at radius 3 is 2.54 bits per heavy atom. The molecule has 1 atom stereocenters. The molecule has 11 heteroatoms. The molecule has 3 heterocycles. The number of anilines is 2. The molecule has 184 valence electrons. The van der Waals surface area contributed by atoms with Gasteiger partial charge in [-0.15, -0.1) is 0 Å². The quantitative estimate of drug-likeness (QED) is 0.627. The van der Waals surface area contributed by atoms with Crippen molar-refractivity contribution in [3.05, 3.63) is 48.6 Å². The highest BCUT2D eigenvalue weighted by molar-refractivity contribution is 5.90. The molecule has 0 bridgehead atoms. The predicted molar refractivity (Wildman–Crippen MR) is 127 cm³/mol. The van der Waals surface area contributed by atoms with E-state index in [0.29, 0.717) is 48.9 Å². The van der Waals surface area contributed by atoms with Crippen LogP contribution in [0.15, 0.2) is 42.7 Å². The van der Waals surface area contributed by atoms with Gasteiger partial charge in [0.2, 0.25) is 17.8 Å². The molecule has 1 aromatic carbocycles. The van der Waals surface area contributed by atoms with Gasteiger partial charge < -0.3 is 19.9 Å². The highest BCUT2D eigenvalue weighted by Gasteiger charge is 2.32. The molecule has 0 radical (unpaired) electrons. The van der Waals surface area contributed by atoms with Crippen LogP contribution >= 0.6 is 0 Å². The van der Waals surface area contributed by atoms with Crippen molar-refractivity contribution in [3.63, 3.8) is 0 Å². The van der Waals surface area contributed by atoms with E-state index in [1.807, 2.05) is 11.8 Å². The fourth-order valence-corrected chi connectivity index (χ4v) is 4.00. The highest BCUT2D eigenvalue weighted by Crippen LogP contribution is 2.29. The van der Waals surface area contributed by atoms with E-state index in [1.54, 1.807) is 41.6 Å². The molecular formula is C24H27FN6O4. The molecule has 10 nitrogen and oxygen atoms in total. The lowest BCUT2D eigenvalue weighted by Gasteiger charge is -2.34. The number of carbonyl (C=O) groups excluding carboxylic acids is 3. The average molecular weight is 483 g/mol. The van der Waals surface area contributed by atoms with E-state index in [-0.39, 0.29) is 24.9 Å². The van der Waals surface area contributed by atoms with Crippen molar-refractivity contribution in [3.8, 4) is 11.1 Å². The minimum atomic E-state index is -0.590. The summed E-state index contributed by atoms with van der Waals surface area (Å²) < 4.78 is 20.2. The topological polar surface area (TPSA) is 108 Å². The van der Waals surface area contributed by atoms with Crippen molar-refractivity contribution in [2.24, 2.45) is 0 Å². The highest BCUT2D eigenvalue weighted by atomic mass is 19.1. The monoisotopic (exact) mass is 482 g/mol. The van der Waals surface area contributed by atoms with Crippen LogP contribution in [0.5, 0.6) is 0 Å². The summed E-state index contributed by atoms with van der Waals surface area (Å²) in [6.45, 7) is 5.98. The number of aromatic nitrogens is 2. The summed E-state index contributed by atoms with van der Waals surface area (Å²) in [6.07, 6.45) is 5.31. The maximum Gasteiger partial charge on any atom is 0.414 e. The number of carbonyl (C=O) groups is 3. The molecule has 1 aromatic heterocycles. The van der Waals surface area contributed by atoms with Crippen LogP contribution in [0.2, 0.25) is 0 Å². The zero-order chi connectivity index (χ0) is 24.9. The van der Waals surface area contributed by atoms with Crippen LogP contribution in [-0.2, 0) is 14.3 Å². The molecule has 2 fully saturated rings. The van der Waals surface area contributed by atoms with Crippen LogP contribution in [0.3, 0.4) is 0 Å². The lowest BCUT2D eigenvalue weighted by Crippen LogP contribution is -2.48. The summed E-state index contributed by atoms with van der Waals surface area (Å²) in [5, 5.41) is 2.61. The van der Waals surface area contributed by atoms with Gasteiger partial charge in [0.1, 0.15) is 11.9 Å². The van der Waals surface area contributed by atoms with Gasteiger partial charge in [-0.05, 0) is 31.2 Å². The first-order chi connectivity index (χ1) is 16.9. The van der Waals surface area contributed by atoms with Gasteiger partial charge >= 0.3 is 6.09 Å². The van der Waals surface area contributed by atoms with Crippen LogP contribution in [0, 0.1) is 5.82 Å². The number of piperazine rings is 1. The molecule has 0 spiro atoms. The molecule has 2 saturated heterocycles. The minimum Gasteiger partial charge on any atom is -0.442 e. The average Bonchev–Trinajstić information content (AvgIpc) is 3.23. The second-order valence-corrected chi connectivity index (χ2v) is 8.30. The summed E-state index contributed by atoms with van der Waals surface area (Å²) in [7, 11) is 0. The second-order valence-electron chi connectivity index (χ2n) is 8.30. The van der Waals surface area contributed by atoms with Crippen molar-refractivity contribution in [2.75, 3.05) is 49.1 Å². The van der Waals surface area contributed by atoms with E-state index >= 15 is 0 Å². The zero-order valence-electron chi connectivity index (χ0n) is 19.6. The molecular weight excluding hydrogens is 455 g/mol. The first-order valence-electron chi connectivity index (χ1n) is 11.4. The van der Waals surface area contributed by atoms with E-state index in [1.165, 1.54) is 17.9 Å². The third-order valence-electron chi connectivity index (χ3n) is 5.85. The van der Waals surface area contributed by atoms with Gasteiger partial charge in [0, 0.05) is 56.6 Å². The predicted octanol–water partition coefficient (Wildman–Crippen LogP) is 1.97. The van der Waals surface area contributed by atoms with Crippen LogP contribution < -0.4 is 15.1 Å². The Hall–Kier alpha value is -4.02. The number of nitrogens with zero attached hydrogens (tertiary/aromatic N) is 5. The molecule has 3 amide bonds. The van der Waals surface area contributed by atoms with E-state index in [2.05, 4.69) is 15.3 Å². The third-order valence-corrected chi connectivity index (χ3v) is 5.85. The van der Waals surface area contributed by atoms with Crippen molar-refractivity contribution in [2.45, 2.75) is 20.0 Å². The maximum absolute atomic E-state index is 15.0. The summed E-state index contributed by atoms with van der Waals surface area (Å²) in [5.41, 5.74) is 1.18. The first kappa shape index (κ1) is 24.1. The minimum absolute atomic E-state index is 0.00669. The van der Waals surface area contributed by atoms with Gasteiger partial charge in [-0.1, -0.05) is 6.08 Å². The molecule has 0 aliphatic carbocycles. The Morgan fingerprint density at radius 2 is 1.91 bits per heavy atom. The Kier molecular flexibility index (Phi) is 7.23. The zero-order valence-corrected chi connectivity index (χ0v) is 19.6. The summed E-state index contributed by atoms with van der Waals surface area (Å²) in [5.74, 6) is -0.223.